The number of hydrogen-bond acceptors (Lipinski definition) is 4. The number of carboxylic acid groups (broad SMARTS) is 1. The van der Waals surface area contributed by atoms with Gasteiger partial charge in [0.15, 0.2) is 0 Å². The average Bonchev–Trinajstić information content (AvgIpc) is 3.13. The van der Waals surface area contributed by atoms with E-state index in [4.69, 9.17) is 5.73 Å². The number of aliphatic imine (C=N–C) groups is 1. The molecular formula is C26H47N3O2. The molecule has 0 fully saturated rings. The van der Waals surface area contributed by atoms with Crippen LogP contribution in [0.5, 0.6) is 0 Å². The minimum atomic E-state index is -1.09. The third-order valence-corrected chi connectivity index (χ3v) is 6.32. The van der Waals surface area contributed by atoms with E-state index in [0.717, 1.165) is 25.1 Å². The van der Waals surface area contributed by atoms with Crippen molar-refractivity contribution in [3.05, 3.63) is 24.6 Å². The summed E-state index contributed by atoms with van der Waals surface area (Å²) in [5.41, 5.74) is 6.08. The van der Waals surface area contributed by atoms with Crippen LogP contribution in [0.1, 0.15) is 117 Å². The van der Waals surface area contributed by atoms with Crippen LogP contribution in [0.3, 0.4) is 0 Å². The van der Waals surface area contributed by atoms with Crippen molar-refractivity contribution in [1.82, 2.24) is 0 Å². The molecule has 0 spiro atoms. The molecule has 1 aliphatic heterocycles. The number of aliphatic carboxylic acids is 1. The SMILES string of the molecule is CCCCCCCCCC/C=C/CCCCCCCC1=NC=C[N+]1(CC(=O)[O-])C(C)N. The Morgan fingerprint density at radius 3 is 2.00 bits per heavy atom. The zero-order valence-electron chi connectivity index (χ0n) is 20.2. The molecule has 0 aromatic carbocycles. The topological polar surface area (TPSA) is 78.5 Å². The van der Waals surface area contributed by atoms with E-state index in [1.54, 1.807) is 12.4 Å². The fourth-order valence-electron chi connectivity index (χ4n) is 4.28. The largest absolute Gasteiger partial charge is 0.544 e. The molecule has 0 aromatic rings. The monoisotopic (exact) mass is 433 g/mol. The summed E-state index contributed by atoms with van der Waals surface area (Å²) in [6.07, 6.45) is 28.0. The van der Waals surface area contributed by atoms with Gasteiger partial charge in [-0.15, -0.1) is 0 Å². The van der Waals surface area contributed by atoms with E-state index in [0.29, 0.717) is 0 Å². The molecule has 1 rings (SSSR count). The van der Waals surface area contributed by atoms with E-state index in [1.807, 2.05) is 6.92 Å². The van der Waals surface area contributed by atoms with Gasteiger partial charge in [0.25, 0.3) is 0 Å². The van der Waals surface area contributed by atoms with Crippen LogP contribution in [0, 0.1) is 0 Å². The Morgan fingerprint density at radius 1 is 0.968 bits per heavy atom. The third kappa shape index (κ3) is 11.6. The molecule has 2 N–H and O–H groups in total. The highest BCUT2D eigenvalue weighted by Gasteiger charge is 2.38. The number of nitrogens with zero attached hydrogens (tertiary/aromatic N) is 2. The van der Waals surface area contributed by atoms with E-state index < -0.39 is 5.97 Å². The first-order valence-electron chi connectivity index (χ1n) is 12.8. The van der Waals surface area contributed by atoms with Gasteiger partial charge >= 0.3 is 0 Å². The van der Waals surface area contributed by atoms with Gasteiger partial charge in [0.05, 0.1) is 12.2 Å². The summed E-state index contributed by atoms with van der Waals surface area (Å²) in [6, 6.07) is 0. The van der Waals surface area contributed by atoms with Gasteiger partial charge in [-0.05, 0) is 32.1 Å². The number of carbonyl (C=O) groups is 1. The number of allylic oxidation sites excluding steroid dienone is 2. The maximum absolute atomic E-state index is 11.2. The number of rotatable bonds is 20. The molecule has 0 saturated heterocycles. The van der Waals surface area contributed by atoms with Crippen LogP contribution in [0.2, 0.25) is 0 Å². The standard InChI is InChI=1S/C26H47N3O2/c1-3-4-5-6-7-8-9-10-11-12-13-14-15-16-17-18-19-20-25-28-21-22-29(25,24(2)27)23-26(30)31/h12-13,21-22,24H,3-11,14-20,23,27H2,1-2H3/b13-12+. The van der Waals surface area contributed by atoms with Crippen molar-refractivity contribution in [3.63, 3.8) is 0 Å². The average molecular weight is 434 g/mol. The van der Waals surface area contributed by atoms with Crippen LogP contribution in [-0.4, -0.2) is 29.0 Å². The van der Waals surface area contributed by atoms with Crippen molar-refractivity contribution in [1.29, 1.82) is 0 Å². The van der Waals surface area contributed by atoms with Crippen molar-refractivity contribution in [3.8, 4) is 0 Å². The van der Waals surface area contributed by atoms with Crippen molar-refractivity contribution >= 4 is 11.8 Å². The number of unbranched alkanes of at least 4 members (excludes halogenated alkanes) is 13. The van der Waals surface area contributed by atoms with Gasteiger partial charge in [-0.1, -0.05) is 83.3 Å². The van der Waals surface area contributed by atoms with Crippen molar-refractivity contribution in [2.24, 2.45) is 10.7 Å². The molecule has 0 aromatic heterocycles. The van der Waals surface area contributed by atoms with Gasteiger partial charge in [-0.25, -0.2) is 9.48 Å². The summed E-state index contributed by atoms with van der Waals surface area (Å²) < 4.78 is 0.103. The number of carboxylic acids is 1. The van der Waals surface area contributed by atoms with Crippen LogP contribution >= 0.6 is 0 Å². The van der Waals surface area contributed by atoms with Crippen molar-refractivity contribution in [2.45, 2.75) is 123 Å². The molecule has 5 heteroatoms. The fraction of sp³-hybridized carbons (Fsp3) is 0.769. The Hall–Kier alpha value is -1.46. The summed E-state index contributed by atoms with van der Waals surface area (Å²) in [5, 5.41) is 11.2. The van der Waals surface area contributed by atoms with Gasteiger partial charge in [-0.3, -0.25) is 5.73 Å². The van der Waals surface area contributed by atoms with Crippen molar-refractivity contribution in [2.75, 3.05) is 6.54 Å². The van der Waals surface area contributed by atoms with Crippen LogP contribution in [0.25, 0.3) is 0 Å². The van der Waals surface area contributed by atoms with Gasteiger partial charge in [0, 0.05) is 13.3 Å². The molecule has 5 nitrogen and oxygen atoms in total. The number of quaternary nitrogens is 1. The molecule has 1 aliphatic rings. The molecule has 2 unspecified atom stereocenters. The van der Waals surface area contributed by atoms with Crippen molar-refractivity contribution < 1.29 is 14.4 Å². The molecule has 0 amide bonds. The maximum atomic E-state index is 11.2. The normalized spacial score (nSPS) is 19.3. The van der Waals surface area contributed by atoms with E-state index in [-0.39, 0.29) is 17.2 Å². The van der Waals surface area contributed by atoms with E-state index >= 15 is 0 Å². The lowest BCUT2D eigenvalue weighted by Gasteiger charge is -2.36. The summed E-state index contributed by atoms with van der Waals surface area (Å²) in [7, 11) is 0. The molecule has 2 atom stereocenters. The second kappa shape index (κ2) is 17.1. The smallest absolute Gasteiger partial charge is 0.209 e. The maximum Gasteiger partial charge on any atom is 0.209 e. The Kier molecular flexibility index (Phi) is 15.2. The third-order valence-electron chi connectivity index (χ3n) is 6.32. The highest BCUT2D eigenvalue weighted by Crippen LogP contribution is 2.23. The quantitative estimate of drug-likeness (QED) is 0.155. The second-order valence-electron chi connectivity index (χ2n) is 9.09. The summed E-state index contributed by atoms with van der Waals surface area (Å²) in [5.74, 6) is -0.241. The molecule has 0 bridgehead atoms. The first-order chi connectivity index (χ1) is 15.0. The first-order valence-corrected chi connectivity index (χ1v) is 12.8. The van der Waals surface area contributed by atoms with Crippen LogP contribution in [0.15, 0.2) is 29.5 Å². The van der Waals surface area contributed by atoms with Gasteiger partial charge in [-0.2, -0.15) is 0 Å². The van der Waals surface area contributed by atoms with E-state index in [2.05, 4.69) is 24.1 Å². The van der Waals surface area contributed by atoms with E-state index in [1.165, 1.54) is 83.5 Å². The van der Waals surface area contributed by atoms with E-state index in [9.17, 15) is 9.90 Å². The van der Waals surface area contributed by atoms with Gasteiger partial charge in [0.1, 0.15) is 18.9 Å². The van der Waals surface area contributed by atoms with Crippen LogP contribution in [-0.2, 0) is 4.79 Å². The minimum Gasteiger partial charge on any atom is -0.544 e. The highest BCUT2D eigenvalue weighted by molar-refractivity contribution is 5.81. The van der Waals surface area contributed by atoms with Crippen LogP contribution < -0.4 is 10.8 Å². The summed E-state index contributed by atoms with van der Waals surface area (Å²) in [4.78, 5) is 15.6. The number of carbonyl (C=O) groups excluding carboxylic acids is 1. The molecule has 1 heterocycles. The lowest BCUT2D eigenvalue weighted by atomic mass is 10.1. The fourth-order valence-corrected chi connectivity index (χ4v) is 4.28. The Balaban J connectivity index is 2.00. The predicted octanol–water partition coefficient (Wildman–Crippen LogP) is 5.56. The zero-order chi connectivity index (χ0) is 22.8. The molecule has 31 heavy (non-hydrogen) atoms. The van der Waals surface area contributed by atoms with Gasteiger partial charge in [0.2, 0.25) is 5.84 Å². The summed E-state index contributed by atoms with van der Waals surface area (Å²) >= 11 is 0. The number of amidine groups is 1. The van der Waals surface area contributed by atoms with Gasteiger partial charge < -0.3 is 9.90 Å². The molecule has 0 radical (unpaired) electrons. The molecule has 0 saturated carbocycles. The molecular weight excluding hydrogens is 386 g/mol. The first kappa shape index (κ1) is 27.6. The number of hydrogen-bond donors (Lipinski definition) is 1. The summed E-state index contributed by atoms with van der Waals surface area (Å²) in [6.45, 7) is 3.96. The Bertz CT molecular complexity index is 569. The zero-order valence-corrected chi connectivity index (χ0v) is 20.2. The Labute approximate surface area is 191 Å². The minimum absolute atomic E-state index is 0.103. The molecule has 178 valence electrons. The Morgan fingerprint density at radius 2 is 1.48 bits per heavy atom. The predicted molar refractivity (Wildman–Crippen MR) is 129 cm³/mol. The highest BCUT2D eigenvalue weighted by atomic mass is 16.4. The lowest BCUT2D eigenvalue weighted by Crippen LogP contribution is -2.60. The molecule has 0 aliphatic carbocycles. The van der Waals surface area contributed by atoms with Crippen LogP contribution in [0.4, 0.5) is 0 Å². The number of nitrogens with two attached hydrogens (primary N) is 1. The lowest BCUT2D eigenvalue weighted by molar-refractivity contribution is -0.808. The second-order valence-corrected chi connectivity index (χ2v) is 9.09.